The van der Waals surface area contributed by atoms with Crippen LogP contribution in [-0.4, -0.2) is 19.9 Å². The lowest BCUT2D eigenvalue weighted by Crippen LogP contribution is -2.00. The lowest BCUT2D eigenvalue weighted by atomic mass is 9.89. The number of rotatable bonds is 5. The Balaban J connectivity index is 1.06. The standard InChI is InChI=1S/C52H30N4O2/c1-4-13-32(14-5-1)49-54-50(33-15-6-2-7-16-33)56-51(55-49)40-21-12-22-43-46(40)39-27-24-36(30-44(39)57-43)41-29-35-19-10-11-20-37(35)47-38(41)26-23-31-25-28-42-48(45(31)47)58-52(53-42)34-17-8-3-9-18-34/h1-30H. The zero-order valence-corrected chi connectivity index (χ0v) is 30.9. The Morgan fingerprint density at radius 3 is 1.74 bits per heavy atom. The van der Waals surface area contributed by atoms with Gasteiger partial charge >= 0.3 is 0 Å². The highest BCUT2D eigenvalue weighted by molar-refractivity contribution is 6.29. The van der Waals surface area contributed by atoms with E-state index in [4.69, 9.17) is 28.8 Å². The minimum Gasteiger partial charge on any atom is -0.456 e. The number of furan rings is 1. The van der Waals surface area contributed by atoms with Crippen LogP contribution in [-0.2, 0) is 0 Å². The second-order valence-electron chi connectivity index (χ2n) is 14.6. The number of hydrogen-bond acceptors (Lipinski definition) is 6. The van der Waals surface area contributed by atoms with Gasteiger partial charge in [-0.1, -0.05) is 140 Å². The van der Waals surface area contributed by atoms with E-state index in [0.29, 0.717) is 23.4 Å². The summed E-state index contributed by atoms with van der Waals surface area (Å²) >= 11 is 0. The van der Waals surface area contributed by atoms with Gasteiger partial charge in [0.2, 0.25) is 5.89 Å². The summed E-state index contributed by atoms with van der Waals surface area (Å²) in [5.74, 6) is 2.43. The normalized spacial score (nSPS) is 11.8. The van der Waals surface area contributed by atoms with Crippen molar-refractivity contribution in [3.05, 3.63) is 182 Å². The number of fused-ring (bicyclic) bond motifs is 10. The summed E-state index contributed by atoms with van der Waals surface area (Å²) in [4.78, 5) is 20.0. The van der Waals surface area contributed by atoms with E-state index in [-0.39, 0.29) is 0 Å². The van der Waals surface area contributed by atoms with E-state index in [1.165, 1.54) is 0 Å². The molecular formula is C52H30N4O2. The predicted molar refractivity (Wildman–Crippen MR) is 234 cm³/mol. The molecular weight excluding hydrogens is 713 g/mol. The lowest BCUT2D eigenvalue weighted by molar-refractivity contribution is 0.623. The fourth-order valence-corrected chi connectivity index (χ4v) is 8.43. The Kier molecular flexibility index (Phi) is 7.13. The number of oxazole rings is 1. The average molecular weight is 743 g/mol. The molecule has 0 saturated carbocycles. The second-order valence-corrected chi connectivity index (χ2v) is 14.6. The fraction of sp³-hybridized carbons (Fsp3) is 0. The molecule has 0 unspecified atom stereocenters. The monoisotopic (exact) mass is 742 g/mol. The fourth-order valence-electron chi connectivity index (χ4n) is 8.43. The Hall–Kier alpha value is -7.96. The molecule has 0 aliphatic carbocycles. The average Bonchev–Trinajstić information content (AvgIpc) is 3.91. The maximum absolute atomic E-state index is 6.68. The van der Waals surface area contributed by atoms with Gasteiger partial charge in [0, 0.05) is 43.8 Å². The minimum absolute atomic E-state index is 0.589. The molecule has 9 aromatic carbocycles. The van der Waals surface area contributed by atoms with E-state index < -0.39 is 0 Å². The molecule has 0 N–H and O–H groups in total. The smallest absolute Gasteiger partial charge is 0.227 e. The van der Waals surface area contributed by atoms with Crippen molar-refractivity contribution >= 4 is 65.4 Å². The molecule has 0 saturated heterocycles. The van der Waals surface area contributed by atoms with Gasteiger partial charge < -0.3 is 8.83 Å². The van der Waals surface area contributed by atoms with Crippen LogP contribution >= 0.6 is 0 Å². The summed E-state index contributed by atoms with van der Waals surface area (Å²) in [6.45, 7) is 0. The van der Waals surface area contributed by atoms with Crippen LogP contribution in [0.1, 0.15) is 0 Å². The number of benzene rings is 9. The number of aromatic nitrogens is 4. The third-order valence-electron chi connectivity index (χ3n) is 11.1. The van der Waals surface area contributed by atoms with Crippen molar-refractivity contribution in [1.29, 1.82) is 0 Å². The maximum Gasteiger partial charge on any atom is 0.227 e. The summed E-state index contributed by atoms with van der Waals surface area (Å²) < 4.78 is 13.3. The Labute approximate surface area is 331 Å². The van der Waals surface area contributed by atoms with E-state index in [0.717, 1.165) is 98.7 Å². The molecule has 0 fully saturated rings. The highest BCUT2D eigenvalue weighted by Crippen LogP contribution is 2.44. The van der Waals surface area contributed by atoms with Gasteiger partial charge in [0.1, 0.15) is 16.7 Å². The van der Waals surface area contributed by atoms with Crippen molar-refractivity contribution in [2.45, 2.75) is 0 Å². The highest BCUT2D eigenvalue weighted by Gasteiger charge is 2.21. The molecule has 6 nitrogen and oxygen atoms in total. The summed E-state index contributed by atoms with van der Waals surface area (Å²) in [5, 5.41) is 8.67. The van der Waals surface area contributed by atoms with Crippen LogP contribution in [0.4, 0.5) is 0 Å². The van der Waals surface area contributed by atoms with Gasteiger partial charge in [-0.15, -0.1) is 0 Å². The van der Waals surface area contributed by atoms with Crippen molar-refractivity contribution in [2.75, 3.05) is 0 Å². The van der Waals surface area contributed by atoms with Crippen molar-refractivity contribution < 1.29 is 8.83 Å². The molecule has 12 rings (SSSR count). The van der Waals surface area contributed by atoms with Gasteiger partial charge in [0.25, 0.3) is 0 Å². The molecule has 0 bridgehead atoms. The molecule has 270 valence electrons. The van der Waals surface area contributed by atoms with E-state index in [9.17, 15) is 0 Å². The van der Waals surface area contributed by atoms with Crippen molar-refractivity contribution in [3.63, 3.8) is 0 Å². The third-order valence-corrected chi connectivity index (χ3v) is 11.1. The Bertz CT molecular complexity index is 3500. The number of nitrogens with zero attached hydrogens (tertiary/aromatic N) is 4. The Morgan fingerprint density at radius 2 is 0.983 bits per heavy atom. The van der Waals surface area contributed by atoms with Crippen molar-refractivity contribution in [2.24, 2.45) is 0 Å². The lowest BCUT2D eigenvalue weighted by Gasteiger charge is -2.14. The quantitative estimate of drug-likeness (QED) is 0.163. The van der Waals surface area contributed by atoms with Crippen LogP contribution in [0.3, 0.4) is 0 Å². The first kappa shape index (κ1) is 32.3. The zero-order valence-electron chi connectivity index (χ0n) is 30.9. The van der Waals surface area contributed by atoms with Crippen LogP contribution < -0.4 is 0 Å². The first-order valence-electron chi connectivity index (χ1n) is 19.3. The molecule has 3 aromatic heterocycles. The molecule has 0 aliphatic rings. The third kappa shape index (κ3) is 5.12. The van der Waals surface area contributed by atoms with Crippen LogP contribution in [0.5, 0.6) is 0 Å². The van der Waals surface area contributed by atoms with Gasteiger partial charge in [-0.25, -0.2) is 19.9 Å². The largest absolute Gasteiger partial charge is 0.456 e. The van der Waals surface area contributed by atoms with E-state index >= 15 is 0 Å². The Morgan fingerprint density at radius 1 is 0.328 bits per heavy atom. The predicted octanol–water partition coefficient (Wildman–Crippen LogP) is 13.7. The van der Waals surface area contributed by atoms with Crippen LogP contribution in [0, 0.1) is 0 Å². The first-order chi connectivity index (χ1) is 28.7. The molecule has 0 spiro atoms. The van der Waals surface area contributed by atoms with Crippen molar-refractivity contribution in [1.82, 2.24) is 19.9 Å². The SMILES string of the molecule is c1ccc(-c2nc(-c3ccccc3)nc(-c3cccc4oc5cc(-c6cc7ccccc7c7c6ccc6ccc8nc(-c9ccccc9)oc8c67)ccc5c34)n2)cc1. The molecule has 0 radical (unpaired) electrons. The van der Waals surface area contributed by atoms with Gasteiger partial charge in [0.15, 0.2) is 23.1 Å². The van der Waals surface area contributed by atoms with Crippen molar-refractivity contribution in [3.8, 4) is 56.7 Å². The van der Waals surface area contributed by atoms with Crippen LogP contribution in [0.25, 0.3) is 122 Å². The van der Waals surface area contributed by atoms with Gasteiger partial charge in [0.05, 0.1) is 0 Å². The molecule has 6 heteroatoms. The molecule has 0 atom stereocenters. The maximum atomic E-state index is 6.68. The highest BCUT2D eigenvalue weighted by atomic mass is 16.3. The molecule has 58 heavy (non-hydrogen) atoms. The van der Waals surface area contributed by atoms with E-state index in [2.05, 4.69) is 78.9 Å². The van der Waals surface area contributed by atoms with Gasteiger partial charge in [-0.05, 0) is 75.1 Å². The van der Waals surface area contributed by atoms with Gasteiger partial charge in [-0.3, -0.25) is 0 Å². The summed E-state index contributed by atoms with van der Waals surface area (Å²) in [6, 6.07) is 62.3. The van der Waals surface area contributed by atoms with E-state index in [1.54, 1.807) is 0 Å². The van der Waals surface area contributed by atoms with Gasteiger partial charge in [-0.2, -0.15) is 0 Å². The molecule has 3 heterocycles. The summed E-state index contributed by atoms with van der Waals surface area (Å²) in [5.41, 5.74) is 9.01. The second kappa shape index (κ2) is 12.8. The number of hydrogen-bond donors (Lipinski definition) is 0. The first-order valence-corrected chi connectivity index (χ1v) is 19.3. The molecule has 12 aromatic rings. The van der Waals surface area contributed by atoms with Crippen LogP contribution in [0.2, 0.25) is 0 Å². The van der Waals surface area contributed by atoms with Crippen LogP contribution in [0.15, 0.2) is 191 Å². The topological polar surface area (TPSA) is 77.8 Å². The summed E-state index contributed by atoms with van der Waals surface area (Å²) in [7, 11) is 0. The van der Waals surface area contributed by atoms with E-state index in [1.807, 2.05) is 103 Å². The molecule has 0 aliphatic heterocycles. The molecule has 0 amide bonds. The minimum atomic E-state index is 0.589. The zero-order chi connectivity index (χ0) is 38.2. The summed E-state index contributed by atoms with van der Waals surface area (Å²) in [6.07, 6.45) is 0.